The van der Waals surface area contributed by atoms with Crippen molar-refractivity contribution in [2.45, 2.75) is 37.5 Å². The van der Waals surface area contributed by atoms with Crippen LogP contribution in [-0.2, 0) is 6.18 Å². The molecule has 0 radical (unpaired) electrons. The molecule has 1 aliphatic rings. The fourth-order valence-electron chi connectivity index (χ4n) is 2.09. The van der Waals surface area contributed by atoms with Crippen LogP contribution >= 0.6 is 0 Å². The van der Waals surface area contributed by atoms with Crippen molar-refractivity contribution in [3.63, 3.8) is 0 Å². The van der Waals surface area contributed by atoms with Crippen molar-refractivity contribution in [3.8, 4) is 0 Å². The first-order chi connectivity index (χ1) is 8.48. The Hall–Kier alpha value is -1.07. The number of benzene rings is 1. The third kappa shape index (κ3) is 3.03. The molecule has 0 heterocycles. The molecular weight excluding hydrogens is 241 g/mol. The van der Waals surface area contributed by atoms with Crippen molar-refractivity contribution >= 4 is 0 Å². The molecule has 1 aromatic carbocycles. The number of hydrogen-bond donors (Lipinski definition) is 2. The van der Waals surface area contributed by atoms with Gasteiger partial charge in [-0.1, -0.05) is 24.6 Å². The molecule has 0 aromatic heterocycles. The van der Waals surface area contributed by atoms with Crippen molar-refractivity contribution in [1.82, 2.24) is 5.32 Å². The first kappa shape index (κ1) is 13.4. The van der Waals surface area contributed by atoms with Crippen LogP contribution in [-0.4, -0.2) is 12.6 Å². The summed E-state index contributed by atoms with van der Waals surface area (Å²) in [6.45, 7) is 0.387. The number of rotatable bonds is 4. The second-order valence-corrected chi connectivity index (χ2v) is 4.73. The van der Waals surface area contributed by atoms with Gasteiger partial charge in [-0.25, -0.2) is 0 Å². The van der Waals surface area contributed by atoms with Crippen LogP contribution in [0.1, 0.15) is 36.4 Å². The van der Waals surface area contributed by atoms with Gasteiger partial charge >= 0.3 is 6.18 Å². The molecule has 0 bridgehead atoms. The van der Waals surface area contributed by atoms with Crippen LogP contribution in [0.15, 0.2) is 24.3 Å². The number of nitrogens with two attached hydrogens (primary N) is 1. The highest BCUT2D eigenvalue weighted by atomic mass is 19.4. The predicted octanol–water partition coefficient (Wildman–Crippen LogP) is 2.85. The Morgan fingerprint density at radius 2 is 1.94 bits per heavy atom. The standard InChI is InChI=1S/C13H17F3N2/c14-13(15,16)11-7-2-1-6-10(11)12(17)8-18-9-4-3-5-9/h1-2,6-7,9,12,18H,3-5,8,17H2. The van der Waals surface area contributed by atoms with Crippen molar-refractivity contribution in [2.75, 3.05) is 6.54 Å². The number of nitrogens with one attached hydrogen (secondary N) is 1. The average molecular weight is 258 g/mol. The Balaban J connectivity index is 2.06. The first-order valence-electron chi connectivity index (χ1n) is 6.13. The Kier molecular flexibility index (Phi) is 3.92. The van der Waals surface area contributed by atoms with E-state index in [1.165, 1.54) is 18.6 Å². The lowest BCUT2D eigenvalue weighted by atomic mass is 9.92. The van der Waals surface area contributed by atoms with Gasteiger partial charge in [-0.05, 0) is 24.5 Å². The minimum absolute atomic E-state index is 0.164. The van der Waals surface area contributed by atoms with Gasteiger partial charge in [0, 0.05) is 18.6 Å². The van der Waals surface area contributed by atoms with Crippen molar-refractivity contribution in [3.05, 3.63) is 35.4 Å². The maximum Gasteiger partial charge on any atom is 0.416 e. The molecule has 0 spiro atoms. The van der Waals surface area contributed by atoms with Gasteiger partial charge in [-0.3, -0.25) is 0 Å². The van der Waals surface area contributed by atoms with E-state index in [2.05, 4.69) is 5.32 Å². The zero-order valence-corrected chi connectivity index (χ0v) is 10.0. The van der Waals surface area contributed by atoms with E-state index in [0.717, 1.165) is 18.9 Å². The highest BCUT2D eigenvalue weighted by Gasteiger charge is 2.34. The van der Waals surface area contributed by atoms with Crippen LogP contribution in [0.2, 0.25) is 0 Å². The molecule has 0 saturated heterocycles. The Bertz CT molecular complexity index is 399. The van der Waals surface area contributed by atoms with E-state index in [4.69, 9.17) is 5.73 Å². The van der Waals surface area contributed by atoms with Gasteiger partial charge in [-0.2, -0.15) is 13.2 Å². The molecule has 3 N–H and O–H groups in total. The lowest BCUT2D eigenvalue weighted by Gasteiger charge is -2.28. The van der Waals surface area contributed by atoms with Crippen LogP contribution in [0.25, 0.3) is 0 Å². The van der Waals surface area contributed by atoms with Gasteiger partial charge in [0.2, 0.25) is 0 Å². The second-order valence-electron chi connectivity index (χ2n) is 4.73. The normalized spacial score (nSPS) is 18.4. The largest absolute Gasteiger partial charge is 0.416 e. The summed E-state index contributed by atoms with van der Waals surface area (Å²) in [6.07, 6.45) is -0.974. The summed E-state index contributed by atoms with van der Waals surface area (Å²) in [4.78, 5) is 0. The van der Waals surface area contributed by atoms with Gasteiger partial charge in [-0.15, -0.1) is 0 Å². The Labute approximate surface area is 104 Å². The number of alkyl halides is 3. The third-order valence-corrected chi connectivity index (χ3v) is 3.40. The number of hydrogen-bond acceptors (Lipinski definition) is 2. The van der Waals surface area contributed by atoms with Gasteiger partial charge < -0.3 is 11.1 Å². The summed E-state index contributed by atoms with van der Waals surface area (Å²) in [5.74, 6) is 0. The zero-order valence-electron chi connectivity index (χ0n) is 10.0. The van der Waals surface area contributed by atoms with Crippen LogP contribution in [0, 0.1) is 0 Å². The summed E-state index contributed by atoms with van der Waals surface area (Å²) in [5.41, 5.74) is 5.39. The maximum atomic E-state index is 12.8. The lowest BCUT2D eigenvalue weighted by molar-refractivity contribution is -0.138. The third-order valence-electron chi connectivity index (χ3n) is 3.40. The molecule has 1 aromatic rings. The molecule has 0 aliphatic heterocycles. The highest BCUT2D eigenvalue weighted by molar-refractivity contribution is 5.32. The maximum absolute atomic E-state index is 12.8. The molecule has 1 unspecified atom stereocenters. The highest BCUT2D eigenvalue weighted by Crippen LogP contribution is 2.33. The molecule has 1 atom stereocenters. The Morgan fingerprint density at radius 1 is 1.28 bits per heavy atom. The smallest absolute Gasteiger partial charge is 0.323 e. The van der Waals surface area contributed by atoms with E-state index in [0.29, 0.717) is 12.6 Å². The molecular formula is C13H17F3N2. The van der Waals surface area contributed by atoms with Gasteiger partial charge in [0.1, 0.15) is 0 Å². The van der Waals surface area contributed by atoms with Crippen molar-refractivity contribution in [2.24, 2.45) is 5.73 Å². The van der Waals surface area contributed by atoms with Gasteiger partial charge in [0.05, 0.1) is 5.56 Å². The van der Waals surface area contributed by atoms with Crippen molar-refractivity contribution in [1.29, 1.82) is 0 Å². The lowest BCUT2D eigenvalue weighted by Crippen LogP contribution is -2.39. The van der Waals surface area contributed by atoms with Crippen LogP contribution in [0.3, 0.4) is 0 Å². The minimum atomic E-state index is -4.34. The van der Waals surface area contributed by atoms with Crippen molar-refractivity contribution < 1.29 is 13.2 Å². The summed E-state index contributed by atoms with van der Waals surface area (Å²) in [6, 6.07) is 5.32. The molecule has 1 fully saturated rings. The monoisotopic (exact) mass is 258 g/mol. The quantitative estimate of drug-likeness (QED) is 0.871. The topological polar surface area (TPSA) is 38.0 Å². The zero-order chi connectivity index (χ0) is 13.2. The summed E-state index contributed by atoms with van der Waals surface area (Å²) < 4.78 is 38.4. The average Bonchev–Trinajstić information content (AvgIpc) is 2.25. The van der Waals surface area contributed by atoms with E-state index in [1.54, 1.807) is 6.07 Å². The molecule has 1 aliphatic carbocycles. The SMILES string of the molecule is NC(CNC1CCC1)c1ccccc1C(F)(F)F. The van der Waals surface area contributed by atoms with E-state index in [1.807, 2.05) is 0 Å². The molecule has 0 amide bonds. The van der Waals surface area contributed by atoms with Gasteiger partial charge in [0.25, 0.3) is 0 Å². The van der Waals surface area contributed by atoms with Gasteiger partial charge in [0.15, 0.2) is 0 Å². The summed E-state index contributed by atoms with van der Waals surface area (Å²) in [5, 5.41) is 3.20. The van der Waals surface area contributed by atoms with E-state index >= 15 is 0 Å². The summed E-state index contributed by atoms with van der Waals surface area (Å²) >= 11 is 0. The molecule has 2 nitrogen and oxygen atoms in total. The fourth-order valence-corrected chi connectivity index (χ4v) is 2.09. The second kappa shape index (κ2) is 5.28. The first-order valence-corrected chi connectivity index (χ1v) is 6.13. The van der Waals surface area contributed by atoms with Crippen LogP contribution in [0.4, 0.5) is 13.2 Å². The molecule has 2 rings (SSSR count). The van der Waals surface area contributed by atoms with E-state index < -0.39 is 17.8 Å². The molecule has 100 valence electrons. The molecule has 1 saturated carbocycles. The fraction of sp³-hybridized carbons (Fsp3) is 0.538. The minimum Gasteiger partial charge on any atom is -0.323 e. The van der Waals surface area contributed by atoms with Crippen LogP contribution in [0.5, 0.6) is 0 Å². The molecule has 18 heavy (non-hydrogen) atoms. The molecule has 5 heteroatoms. The Morgan fingerprint density at radius 3 is 2.50 bits per heavy atom. The predicted molar refractivity (Wildman–Crippen MR) is 64.0 cm³/mol. The van der Waals surface area contributed by atoms with Crippen LogP contribution < -0.4 is 11.1 Å². The van der Waals surface area contributed by atoms with E-state index in [-0.39, 0.29) is 5.56 Å². The summed E-state index contributed by atoms with van der Waals surface area (Å²) in [7, 11) is 0. The van der Waals surface area contributed by atoms with E-state index in [9.17, 15) is 13.2 Å². The number of halogens is 3.